The number of nitrogens with zero attached hydrogens (tertiary/aromatic N) is 1. The Labute approximate surface area is 145 Å². The first-order valence-corrected chi connectivity index (χ1v) is 8.84. The van der Waals surface area contributed by atoms with Crippen molar-refractivity contribution in [3.05, 3.63) is 69.4 Å². The molecule has 2 heterocycles. The summed E-state index contributed by atoms with van der Waals surface area (Å²) in [6.45, 7) is 5.34. The second-order valence-electron chi connectivity index (χ2n) is 5.17. The smallest absolute Gasteiger partial charge is 0.169 e. The largest absolute Gasteiger partial charge is 0.359 e. The predicted octanol–water partition coefficient (Wildman–Crippen LogP) is 4.41. The molecule has 1 atom stereocenters. The van der Waals surface area contributed by atoms with Crippen molar-refractivity contribution < 1.29 is 0 Å². The third-order valence-electron chi connectivity index (χ3n) is 3.81. The van der Waals surface area contributed by atoms with Gasteiger partial charge in [-0.2, -0.15) is 0 Å². The van der Waals surface area contributed by atoms with Crippen molar-refractivity contribution in [1.82, 2.24) is 10.2 Å². The first-order valence-electron chi connectivity index (χ1n) is 7.18. The van der Waals surface area contributed by atoms with Crippen LogP contribution in [0.1, 0.15) is 22.0 Å². The van der Waals surface area contributed by atoms with Gasteiger partial charge in [0.2, 0.25) is 0 Å². The number of thiophene rings is 1. The van der Waals surface area contributed by atoms with Crippen molar-refractivity contribution in [3.8, 4) is 0 Å². The quantitative estimate of drug-likeness (QED) is 0.653. The first-order chi connectivity index (χ1) is 10.7. The summed E-state index contributed by atoms with van der Waals surface area (Å²) >= 11 is 13.5. The molecule has 0 spiro atoms. The Balaban J connectivity index is 1.97. The molecule has 1 aliphatic rings. The standard InChI is InChI=1S/C17H17ClN2S2/c1-2-9-19-17(21)20-10-7-15-14(8-11-22-15)16(20)12-3-5-13(18)6-4-12/h2-6,8,11,16H,1,7,9-10H2,(H,19,21)/t16-/m0/s1. The van der Waals surface area contributed by atoms with Crippen LogP contribution in [-0.4, -0.2) is 23.1 Å². The van der Waals surface area contributed by atoms with Crippen LogP contribution in [0.4, 0.5) is 0 Å². The van der Waals surface area contributed by atoms with Gasteiger partial charge in [0.15, 0.2) is 5.11 Å². The zero-order valence-corrected chi connectivity index (χ0v) is 14.5. The molecule has 0 saturated carbocycles. The normalized spacial score (nSPS) is 17.0. The third kappa shape index (κ3) is 3.05. The molecule has 0 fully saturated rings. The number of nitrogens with one attached hydrogen (secondary N) is 1. The molecule has 1 aromatic carbocycles. The number of halogens is 1. The van der Waals surface area contributed by atoms with E-state index < -0.39 is 0 Å². The fraction of sp³-hybridized carbons (Fsp3) is 0.235. The summed E-state index contributed by atoms with van der Waals surface area (Å²) < 4.78 is 0. The fourth-order valence-corrected chi connectivity index (χ4v) is 4.11. The minimum Gasteiger partial charge on any atom is -0.359 e. The van der Waals surface area contributed by atoms with Gasteiger partial charge in [0.05, 0.1) is 6.04 Å². The molecule has 0 unspecified atom stereocenters. The minimum atomic E-state index is 0.150. The molecule has 0 radical (unpaired) electrons. The summed E-state index contributed by atoms with van der Waals surface area (Å²) in [6, 6.07) is 10.4. The number of hydrogen-bond donors (Lipinski definition) is 1. The number of benzene rings is 1. The van der Waals surface area contributed by atoms with E-state index in [9.17, 15) is 0 Å². The number of rotatable bonds is 3. The van der Waals surface area contributed by atoms with Gasteiger partial charge in [0.25, 0.3) is 0 Å². The third-order valence-corrected chi connectivity index (χ3v) is 5.44. The van der Waals surface area contributed by atoms with Gasteiger partial charge in [-0.25, -0.2) is 0 Å². The zero-order valence-electron chi connectivity index (χ0n) is 12.1. The van der Waals surface area contributed by atoms with Crippen molar-refractivity contribution in [2.24, 2.45) is 0 Å². The van der Waals surface area contributed by atoms with Gasteiger partial charge >= 0.3 is 0 Å². The highest BCUT2D eigenvalue weighted by Crippen LogP contribution is 2.38. The van der Waals surface area contributed by atoms with Crippen LogP contribution in [0, 0.1) is 0 Å². The number of fused-ring (bicyclic) bond motifs is 1. The number of thiocarbonyl (C=S) groups is 1. The minimum absolute atomic E-state index is 0.150. The molecule has 1 aliphatic heterocycles. The van der Waals surface area contributed by atoms with E-state index in [1.54, 1.807) is 0 Å². The molecule has 1 aromatic heterocycles. The van der Waals surface area contributed by atoms with E-state index in [0.717, 1.165) is 23.1 Å². The van der Waals surface area contributed by atoms with E-state index in [1.165, 1.54) is 16.0 Å². The Kier molecular flexibility index (Phi) is 4.81. The lowest BCUT2D eigenvalue weighted by atomic mass is 9.94. The summed E-state index contributed by atoms with van der Waals surface area (Å²) in [6.07, 6.45) is 2.86. The maximum absolute atomic E-state index is 6.04. The van der Waals surface area contributed by atoms with Crippen molar-refractivity contribution >= 4 is 40.3 Å². The van der Waals surface area contributed by atoms with Crippen LogP contribution in [0.3, 0.4) is 0 Å². The van der Waals surface area contributed by atoms with Gasteiger partial charge in [-0.1, -0.05) is 29.8 Å². The van der Waals surface area contributed by atoms with Gasteiger partial charge in [0.1, 0.15) is 0 Å². The van der Waals surface area contributed by atoms with E-state index in [4.69, 9.17) is 23.8 Å². The van der Waals surface area contributed by atoms with Crippen molar-refractivity contribution in [2.75, 3.05) is 13.1 Å². The van der Waals surface area contributed by atoms with Crippen LogP contribution < -0.4 is 5.32 Å². The first kappa shape index (κ1) is 15.5. The van der Waals surface area contributed by atoms with Crippen LogP contribution in [0.2, 0.25) is 5.02 Å². The van der Waals surface area contributed by atoms with E-state index in [0.29, 0.717) is 6.54 Å². The Morgan fingerprint density at radius 1 is 1.41 bits per heavy atom. The van der Waals surface area contributed by atoms with Gasteiger partial charge < -0.3 is 10.2 Å². The van der Waals surface area contributed by atoms with E-state index >= 15 is 0 Å². The van der Waals surface area contributed by atoms with Crippen LogP contribution in [0.25, 0.3) is 0 Å². The molecule has 2 aromatic rings. The summed E-state index contributed by atoms with van der Waals surface area (Å²) in [5.74, 6) is 0. The molecular weight excluding hydrogens is 332 g/mol. The Bertz CT molecular complexity index is 678. The second-order valence-corrected chi connectivity index (χ2v) is 7.00. The summed E-state index contributed by atoms with van der Waals surface area (Å²) in [5.41, 5.74) is 2.56. The van der Waals surface area contributed by atoms with Crippen molar-refractivity contribution in [2.45, 2.75) is 12.5 Å². The van der Waals surface area contributed by atoms with Crippen LogP contribution in [-0.2, 0) is 6.42 Å². The zero-order chi connectivity index (χ0) is 15.5. The van der Waals surface area contributed by atoms with Gasteiger partial charge in [-0.3, -0.25) is 0 Å². The van der Waals surface area contributed by atoms with Crippen LogP contribution >= 0.6 is 35.2 Å². The highest BCUT2D eigenvalue weighted by molar-refractivity contribution is 7.80. The topological polar surface area (TPSA) is 15.3 Å². The average Bonchev–Trinajstić information content (AvgIpc) is 3.01. The molecule has 0 saturated heterocycles. The van der Waals surface area contributed by atoms with E-state index in [-0.39, 0.29) is 6.04 Å². The molecule has 0 amide bonds. The maximum atomic E-state index is 6.04. The van der Waals surface area contributed by atoms with E-state index in [1.807, 2.05) is 29.5 Å². The molecule has 114 valence electrons. The highest BCUT2D eigenvalue weighted by Gasteiger charge is 2.30. The molecule has 1 N–H and O–H groups in total. The summed E-state index contributed by atoms with van der Waals surface area (Å²) in [4.78, 5) is 3.71. The monoisotopic (exact) mass is 348 g/mol. The van der Waals surface area contributed by atoms with Crippen molar-refractivity contribution in [3.63, 3.8) is 0 Å². The van der Waals surface area contributed by atoms with Crippen molar-refractivity contribution in [1.29, 1.82) is 0 Å². The highest BCUT2D eigenvalue weighted by atomic mass is 35.5. The molecule has 0 aliphatic carbocycles. The van der Waals surface area contributed by atoms with Gasteiger partial charge in [-0.15, -0.1) is 17.9 Å². The fourth-order valence-electron chi connectivity index (χ4n) is 2.80. The molecule has 22 heavy (non-hydrogen) atoms. The lowest BCUT2D eigenvalue weighted by Gasteiger charge is -2.38. The van der Waals surface area contributed by atoms with Crippen LogP contribution in [0.5, 0.6) is 0 Å². The Morgan fingerprint density at radius 3 is 2.91 bits per heavy atom. The molecule has 0 bridgehead atoms. The molecule has 5 heteroatoms. The second kappa shape index (κ2) is 6.82. The lowest BCUT2D eigenvalue weighted by molar-refractivity contribution is 0.338. The summed E-state index contributed by atoms with van der Waals surface area (Å²) in [5, 5.41) is 6.95. The summed E-state index contributed by atoms with van der Waals surface area (Å²) in [7, 11) is 0. The maximum Gasteiger partial charge on any atom is 0.169 e. The number of hydrogen-bond acceptors (Lipinski definition) is 2. The van der Waals surface area contributed by atoms with Gasteiger partial charge in [0, 0.05) is 23.0 Å². The Morgan fingerprint density at radius 2 is 2.18 bits per heavy atom. The molecular formula is C17H17ClN2S2. The van der Waals surface area contributed by atoms with Crippen LogP contribution in [0.15, 0.2) is 48.4 Å². The van der Waals surface area contributed by atoms with E-state index in [2.05, 4.69) is 40.4 Å². The SMILES string of the molecule is C=CCNC(=S)N1CCc2sccc2[C@@H]1c1ccc(Cl)cc1. The Hall–Kier alpha value is -1.36. The van der Waals surface area contributed by atoms with Gasteiger partial charge in [-0.05, 0) is 53.3 Å². The lowest BCUT2D eigenvalue weighted by Crippen LogP contribution is -2.45. The average molecular weight is 349 g/mol. The predicted molar refractivity (Wildman–Crippen MR) is 98.8 cm³/mol. The molecule has 2 nitrogen and oxygen atoms in total. The molecule has 3 rings (SSSR count).